The third-order valence-electron chi connectivity index (χ3n) is 12.7. The number of aromatic hydroxyl groups is 1. The SMILES string of the molecule is COc1cc(O)ccc1[C@H]1C2=CC[C@@H]3C(=O)N(c4ccc(N=Nc5ccc(N(C)C)cc5)cc4)C(=O)[C@@H]3[C@@H]2C[C@H]2C(=O)N(c3ccc(N=Nc4ccc(N(C)C)cc4)cc3)C(=O)[C@@H]12. The Balaban J connectivity index is 0.997. The number of fused-ring (bicyclic) bond motifs is 4. The lowest BCUT2D eigenvalue weighted by atomic mass is 9.57. The summed E-state index contributed by atoms with van der Waals surface area (Å²) in [7, 11) is 9.34. The minimum Gasteiger partial charge on any atom is -0.508 e. The van der Waals surface area contributed by atoms with Crippen LogP contribution in [0, 0.1) is 29.6 Å². The Morgan fingerprint density at radius 1 is 0.556 bits per heavy atom. The standard InChI is InChI=1S/C49H46N8O6/c1-54(2)32-14-6-28(7-15-32)50-52-30-10-18-34(19-11-30)56-46(59)39-25-24-37-40(44(39)48(56)61)27-41-45(43(37)38-23-22-36(58)26-42(38)63-5)49(62)57(47(41)60)35-20-12-31(13-21-35)53-51-29-8-16-33(17-9-29)55(3)4/h6-24,26,39-41,43-45,58H,25,27H2,1-5H3/t39-,40+,41+,43+,44-,45+/m0/s1. The summed E-state index contributed by atoms with van der Waals surface area (Å²) in [4.78, 5) is 64.6. The van der Waals surface area contributed by atoms with Gasteiger partial charge in [0, 0.05) is 57.1 Å². The zero-order valence-corrected chi connectivity index (χ0v) is 35.5. The van der Waals surface area contributed by atoms with Crippen molar-refractivity contribution in [3.63, 3.8) is 0 Å². The van der Waals surface area contributed by atoms with E-state index in [2.05, 4.69) is 20.5 Å². The third kappa shape index (κ3) is 7.40. The Morgan fingerprint density at radius 3 is 1.46 bits per heavy atom. The van der Waals surface area contributed by atoms with Crippen molar-refractivity contribution in [2.24, 2.45) is 50.0 Å². The highest BCUT2D eigenvalue weighted by molar-refractivity contribution is 6.24. The number of nitrogens with zero attached hydrogens (tertiary/aromatic N) is 8. The molecule has 0 radical (unpaired) electrons. The normalized spacial score (nSPS) is 23.0. The Hall–Kier alpha value is -7.48. The first kappa shape index (κ1) is 40.9. The summed E-state index contributed by atoms with van der Waals surface area (Å²) in [5.41, 5.74) is 6.78. The van der Waals surface area contributed by atoms with Crippen molar-refractivity contribution in [3.05, 3.63) is 132 Å². The smallest absolute Gasteiger partial charge is 0.238 e. The van der Waals surface area contributed by atoms with Crippen LogP contribution in [0.15, 0.2) is 147 Å². The van der Waals surface area contributed by atoms with E-state index >= 15 is 0 Å². The van der Waals surface area contributed by atoms with Crippen molar-refractivity contribution in [3.8, 4) is 11.5 Å². The molecule has 5 aromatic rings. The van der Waals surface area contributed by atoms with Gasteiger partial charge in [0.05, 0.1) is 64.9 Å². The summed E-state index contributed by atoms with van der Waals surface area (Å²) in [5.74, 6) is -5.29. The van der Waals surface area contributed by atoms with E-state index in [1.165, 1.54) is 29.0 Å². The molecule has 2 aliphatic carbocycles. The van der Waals surface area contributed by atoms with Crippen LogP contribution in [-0.2, 0) is 19.2 Å². The van der Waals surface area contributed by atoms with Gasteiger partial charge in [-0.1, -0.05) is 17.7 Å². The van der Waals surface area contributed by atoms with Crippen LogP contribution in [0.3, 0.4) is 0 Å². The Labute approximate surface area is 364 Å². The van der Waals surface area contributed by atoms with Gasteiger partial charge in [-0.3, -0.25) is 29.0 Å². The molecule has 4 aliphatic rings. The van der Waals surface area contributed by atoms with Crippen LogP contribution in [-0.4, -0.2) is 64.0 Å². The first-order valence-corrected chi connectivity index (χ1v) is 20.8. The molecular formula is C49H46N8O6. The number of phenolic OH excluding ortho intramolecular Hbond substituents is 1. The molecule has 2 aliphatic heterocycles. The Morgan fingerprint density at radius 2 is 1.00 bits per heavy atom. The fourth-order valence-electron chi connectivity index (χ4n) is 9.60. The van der Waals surface area contributed by atoms with E-state index in [1.54, 1.807) is 54.6 Å². The van der Waals surface area contributed by atoms with E-state index in [4.69, 9.17) is 4.74 Å². The topological polar surface area (TPSA) is 160 Å². The number of methoxy groups -OCH3 is 1. The van der Waals surface area contributed by atoms with Gasteiger partial charge in [-0.15, -0.1) is 0 Å². The van der Waals surface area contributed by atoms with Gasteiger partial charge in [0.2, 0.25) is 23.6 Å². The third-order valence-corrected chi connectivity index (χ3v) is 12.7. The van der Waals surface area contributed by atoms with Gasteiger partial charge < -0.3 is 19.6 Å². The number of amides is 4. The number of rotatable bonds is 10. The molecule has 318 valence electrons. The van der Waals surface area contributed by atoms with Gasteiger partial charge in [0.15, 0.2) is 0 Å². The quantitative estimate of drug-likeness (QED) is 0.0827. The van der Waals surface area contributed by atoms with Gasteiger partial charge >= 0.3 is 0 Å². The van der Waals surface area contributed by atoms with Crippen molar-refractivity contribution in [2.45, 2.75) is 18.8 Å². The molecule has 6 atom stereocenters. The minimum absolute atomic E-state index is 0.0196. The molecule has 0 spiro atoms. The van der Waals surface area contributed by atoms with Crippen molar-refractivity contribution < 1.29 is 29.0 Å². The largest absolute Gasteiger partial charge is 0.508 e. The molecule has 5 aromatic carbocycles. The van der Waals surface area contributed by atoms with E-state index < -0.39 is 35.5 Å². The lowest BCUT2D eigenvalue weighted by molar-refractivity contribution is -0.126. The average Bonchev–Trinajstić information content (AvgIpc) is 3.70. The van der Waals surface area contributed by atoms with Crippen molar-refractivity contribution in [1.82, 2.24) is 0 Å². The maximum atomic E-state index is 14.7. The number of benzene rings is 5. The lowest BCUT2D eigenvalue weighted by Gasteiger charge is -2.44. The van der Waals surface area contributed by atoms with Crippen LogP contribution in [0.4, 0.5) is 45.5 Å². The van der Waals surface area contributed by atoms with Crippen LogP contribution in [0.1, 0.15) is 24.3 Å². The molecule has 2 heterocycles. The summed E-state index contributed by atoms with van der Waals surface area (Å²) >= 11 is 0. The average molecular weight is 843 g/mol. The molecule has 14 heteroatoms. The van der Waals surface area contributed by atoms with Crippen molar-refractivity contribution >= 4 is 69.1 Å². The number of azo groups is 2. The molecular weight excluding hydrogens is 797 g/mol. The lowest BCUT2D eigenvalue weighted by Crippen LogP contribution is -2.43. The number of anilines is 4. The molecule has 0 aromatic heterocycles. The number of ether oxygens (including phenoxy) is 1. The first-order chi connectivity index (χ1) is 30.4. The zero-order chi connectivity index (χ0) is 44.1. The monoisotopic (exact) mass is 842 g/mol. The molecule has 0 bridgehead atoms. The molecule has 1 saturated carbocycles. The minimum atomic E-state index is -0.824. The van der Waals surface area contributed by atoms with Gasteiger partial charge in [0.25, 0.3) is 0 Å². The van der Waals surface area contributed by atoms with Crippen LogP contribution >= 0.6 is 0 Å². The zero-order valence-electron chi connectivity index (χ0n) is 35.5. The van der Waals surface area contributed by atoms with Gasteiger partial charge in [-0.05, 0) is 122 Å². The maximum Gasteiger partial charge on any atom is 0.238 e. The summed E-state index contributed by atoms with van der Waals surface area (Å²) in [6, 6.07) is 33.6. The molecule has 14 nitrogen and oxygen atoms in total. The summed E-state index contributed by atoms with van der Waals surface area (Å²) in [6.07, 6.45) is 2.47. The molecule has 0 unspecified atom stereocenters. The van der Waals surface area contributed by atoms with Crippen molar-refractivity contribution in [2.75, 3.05) is 54.9 Å². The van der Waals surface area contributed by atoms with Crippen LogP contribution in [0.25, 0.3) is 0 Å². The second-order valence-corrected chi connectivity index (χ2v) is 16.7. The number of phenols is 1. The van der Waals surface area contributed by atoms with Crippen LogP contribution in [0.2, 0.25) is 0 Å². The second-order valence-electron chi connectivity index (χ2n) is 16.7. The molecule has 9 rings (SSSR count). The van der Waals surface area contributed by atoms with E-state index in [0.717, 1.165) is 16.9 Å². The molecule has 3 fully saturated rings. The van der Waals surface area contributed by atoms with E-state index in [0.29, 0.717) is 45.4 Å². The number of carbonyl (C=O) groups excluding carboxylic acids is 4. The number of hydrogen-bond acceptors (Lipinski definition) is 12. The number of carbonyl (C=O) groups is 4. The predicted octanol–water partition coefficient (Wildman–Crippen LogP) is 9.41. The molecule has 1 N–H and O–H groups in total. The highest BCUT2D eigenvalue weighted by Crippen LogP contribution is 2.59. The van der Waals surface area contributed by atoms with Gasteiger partial charge in [-0.2, -0.15) is 20.5 Å². The van der Waals surface area contributed by atoms with E-state index in [-0.39, 0.29) is 42.2 Å². The molecule has 63 heavy (non-hydrogen) atoms. The first-order valence-electron chi connectivity index (χ1n) is 20.8. The van der Waals surface area contributed by atoms with E-state index in [9.17, 15) is 24.3 Å². The fourth-order valence-corrected chi connectivity index (χ4v) is 9.60. The summed E-state index contributed by atoms with van der Waals surface area (Å²) in [6.45, 7) is 0. The van der Waals surface area contributed by atoms with Gasteiger partial charge in [0.1, 0.15) is 11.5 Å². The number of hydrogen-bond donors (Lipinski definition) is 1. The number of allylic oxidation sites excluding steroid dienone is 2. The summed E-state index contributed by atoms with van der Waals surface area (Å²) < 4.78 is 5.77. The van der Waals surface area contributed by atoms with Crippen LogP contribution < -0.4 is 24.3 Å². The Bertz CT molecular complexity index is 2690. The Kier molecular flexibility index (Phi) is 10.7. The highest BCUT2D eigenvalue weighted by Gasteiger charge is 2.62. The highest BCUT2D eigenvalue weighted by atomic mass is 16.5. The summed E-state index contributed by atoms with van der Waals surface area (Å²) in [5, 5.41) is 27.9. The molecule has 4 amide bonds. The van der Waals surface area contributed by atoms with Gasteiger partial charge in [-0.25, -0.2) is 0 Å². The van der Waals surface area contributed by atoms with Crippen molar-refractivity contribution in [1.29, 1.82) is 0 Å². The van der Waals surface area contributed by atoms with Crippen LogP contribution in [0.5, 0.6) is 11.5 Å². The number of imide groups is 2. The molecule has 2 saturated heterocycles. The van der Waals surface area contributed by atoms with E-state index in [1.807, 2.05) is 92.6 Å². The second kappa shape index (κ2) is 16.4. The fraction of sp³-hybridized carbons (Fsp3) is 0.265. The predicted molar refractivity (Wildman–Crippen MR) is 240 cm³/mol. The maximum absolute atomic E-state index is 14.7.